The lowest BCUT2D eigenvalue weighted by Crippen LogP contribution is -2.33. The van der Waals surface area contributed by atoms with Gasteiger partial charge in [-0.3, -0.25) is 0 Å². The Morgan fingerprint density at radius 1 is 1.25 bits per heavy atom. The fourth-order valence-corrected chi connectivity index (χ4v) is 3.08. The highest BCUT2D eigenvalue weighted by Crippen LogP contribution is 2.29. The number of hydrogen-bond acceptors (Lipinski definition) is 3. The van der Waals surface area contributed by atoms with Crippen LogP contribution < -0.4 is 15.5 Å². The van der Waals surface area contributed by atoms with Crippen LogP contribution in [0.2, 0.25) is 0 Å². The predicted molar refractivity (Wildman–Crippen MR) is 96.5 cm³/mol. The van der Waals surface area contributed by atoms with E-state index in [9.17, 15) is 9.90 Å². The van der Waals surface area contributed by atoms with Gasteiger partial charge in [-0.05, 0) is 36.1 Å². The van der Waals surface area contributed by atoms with Gasteiger partial charge in [0.25, 0.3) is 0 Å². The number of amides is 2. The average Bonchev–Trinajstić information content (AvgIpc) is 2.96. The van der Waals surface area contributed by atoms with Crippen molar-refractivity contribution in [1.82, 2.24) is 5.32 Å². The molecule has 5 nitrogen and oxygen atoms in total. The largest absolute Gasteiger partial charge is 0.396 e. The molecule has 0 saturated carbocycles. The number of aliphatic hydroxyl groups is 1. The second kappa shape index (κ2) is 7.36. The molecule has 0 spiro atoms. The first-order chi connectivity index (χ1) is 11.7. The van der Waals surface area contributed by atoms with Gasteiger partial charge in [-0.25, -0.2) is 4.79 Å². The lowest BCUT2D eigenvalue weighted by Gasteiger charge is -2.19. The van der Waals surface area contributed by atoms with Gasteiger partial charge < -0.3 is 20.6 Å². The van der Waals surface area contributed by atoms with Gasteiger partial charge in [0.1, 0.15) is 0 Å². The number of rotatable bonds is 5. The van der Waals surface area contributed by atoms with Gasteiger partial charge in [0.15, 0.2) is 0 Å². The number of carbonyl (C=O) groups is 1. The summed E-state index contributed by atoms with van der Waals surface area (Å²) in [5.74, 6) is 0. The zero-order chi connectivity index (χ0) is 16.9. The van der Waals surface area contributed by atoms with Crippen LogP contribution in [0.1, 0.15) is 23.6 Å². The van der Waals surface area contributed by atoms with E-state index in [4.69, 9.17) is 0 Å². The molecule has 0 radical (unpaired) electrons. The highest BCUT2D eigenvalue weighted by Gasteiger charge is 2.17. The van der Waals surface area contributed by atoms with Crippen molar-refractivity contribution in [2.24, 2.45) is 0 Å². The van der Waals surface area contributed by atoms with Crippen LogP contribution >= 0.6 is 0 Å². The van der Waals surface area contributed by atoms with Gasteiger partial charge in [-0.15, -0.1) is 0 Å². The molecular formula is C19H23N3O2. The Hall–Kier alpha value is -2.53. The molecule has 1 aliphatic heterocycles. The maximum absolute atomic E-state index is 12.3. The standard InChI is InChI=1S/C19H23N3O2/c1-22-11-9-15-7-8-16(13-18(15)22)20-19(24)21-17(10-12-23)14-5-3-2-4-6-14/h2-8,13,17,23H,9-12H2,1H3,(H2,20,21,24)/t17-/m1/s1. The average molecular weight is 325 g/mol. The van der Waals surface area contributed by atoms with E-state index in [0.717, 1.165) is 24.2 Å². The predicted octanol–water partition coefficient (Wildman–Crippen LogP) is 2.92. The van der Waals surface area contributed by atoms with E-state index in [1.54, 1.807) is 0 Å². The molecule has 1 aliphatic rings. The Morgan fingerprint density at radius 3 is 2.79 bits per heavy atom. The van der Waals surface area contributed by atoms with E-state index in [1.807, 2.05) is 42.5 Å². The molecule has 0 fully saturated rings. The number of likely N-dealkylation sites (N-methyl/N-ethyl adjacent to an activating group) is 1. The maximum Gasteiger partial charge on any atom is 0.319 e. The van der Waals surface area contributed by atoms with Gasteiger partial charge in [0, 0.05) is 31.6 Å². The molecule has 3 N–H and O–H groups in total. The van der Waals surface area contributed by atoms with Gasteiger partial charge in [-0.1, -0.05) is 36.4 Å². The van der Waals surface area contributed by atoms with Gasteiger partial charge >= 0.3 is 6.03 Å². The SMILES string of the molecule is CN1CCc2ccc(NC(=O)N[C@H](CCO)c3ccccc3)cc21. The number of carbonyl (C=O) groups excluding carboxylic acids is 1. The topological polar surface area (TPSA) is 64.6 Å². The molecule has 24 heavy (non-hydrogen) atoms. The van der Waals surface area contributed by atoms with E-state index < -0.39 is 0 Å². The molecule has 0 saturated heterocycles. The Balaban J connectivity index is 1.67. The third-order valence-corrected chi connectivity index (χ3v) is 4.40. The fourth-order valence-electron chi connectivity index (χ4n) is 3.08. The van der Waals surface area contributed by atoms with Crippen LogP contribution in [0.4, 0.5) is 16.2 Å². The first kappa shape index (κ1) is 16.3. The van der Waals surface area contributed by atoms with Gasteiger partial charge in [0.2, 0.25) is 0 Å². The van der Waals surface area contributed by atoms with Crippen LogP contribution in [0.25, 0.3) is 0 Å². The van der Waals surface area contributed by atoms with Gasteiger partial charge in [0.05, 0.1) is 6.04 Å². The van der Waals surface area contributed by atoms with Crippen LogP contribution in [-0.4, -0.2) is 31.3 Å². The molecule has 3 rings (SSSR count). The molecule has 0 aliphatic carbocycles. The van der Waals surface area contributed by atoms with Crippen LogP contribution in [0, 0.1) is 0 Å². The Bertz CT molecular complexity index is 703. The molecule has 2 amide bonds. The summed E-state index contributed by atoms with van der Waals surface area (Å²) >= 11 is 0. The fraction of sp³-hybridized carbons (Fsp3) is 0.316. The van der Waals surface area contributed by atoms with Crippen molar-refractivity contribution in [1.29, 1.82) is 0 Å². The number of fused-ring (bicyclic) bond motifs is 1. The van der Waals surface area contributed by atoms with Crippen molar-refractivity contribution in [3.05, 3.63) is 59.7 Å². The molecule has 126 valence electrons. The molecule has 0 aromatic heterocycles. The minimum Gasteiger partial charge on any atom is -0.396 e. The number of anilines is 2. The number of urea groups is 1. The van der Waals surface area contributed by atoms with E-state index in [1.165, 1.54) is 11.3 Å². The second-order valence-corrected chi connectivity index (χ2v) is 6.09. The smallest absolute Gasteiger partial charge is 0.319 e. The van der Waals surface area contributed by atoms with Crippen LogP contribution in [-0.2, 0) is 6.42 Å². The van der Waals surface area contributed by atoms with Crippen molar-refractivity contribution in [3.63, 3.8) is 0 Å². The van der Waals surface area contributed by atoms with Crippen molar-refractivity contribution in [2.75, 3.05) is 30.4 Å². The lowest BCUT2D eigenvalue weighted by atomic mass is 10.0. The van der Waals surface area contributed by atoms with Crippen molar-refractivity contribution in [3.8, 4) is 0 Å². The maximum atomic E-state index is 12.3. The molecule has 5 heteroatoms. The normalized spacial score (nSPS) is 14.2. The summed E-state index contributed by atoms with van der Waals surface area (Å²) in [5, 5.41) is 15.1. The summed E-state index contributed by atoms with van der Waals surface area (Å²) in [6.45, 7) is 1.03. The summed E-state index contributed by atoms with van der Waals surface area (Å²) in [6.07, 6.45) is 1.52. The highest BCUT2D eigenvalue weighted by molar-refractivity contribution is 5.90. The quantitative estimate of drug-likeness (QED) is 0.792. The summed E-state index contributed by atoms with van der Waals surface area (Å²) in [7, 11) is 2.06. The second-order valence-electron chi connectivity index (χ2n) is 6.09. The zero-order valence-electron chi connectivity index (χ0n) is 13.8. The number of aliphatic hydroxyl groups excluding tert-OH is 1. The van der Waals surface area contributed by atoms with Gasteiger partial charge in [-0.2, -0.15) is 0 Å². The number of nitrogens with zero attached hydrogens (tertiary/aromatic N) is 1. The molecule has 0 unspecified atom stereocenters. The Kier molecular flexibility index (Phi) is 5.01. The van der Waals surface area contributed by atoms with Crippen molar-refractivity contribution < 1.29 is 9.90 Å². The number of nitrogens with one attached hydrogen (secondary N) is 2. The van der Waals surface area contributed by atoms with Crippen LogP contribution in [0.15, 0.2) is 48.5 Å². The molecule has 1 heterocycles. The number of hydrogen-bond donors (Lipinski definition) is 3. The number of benzene rings is 2. The van der Waals surface area contributed by atoms with E-state index in [-0.39, 0.29) is 18.7 Å². The van der Waals surface area contributed by atoms with Crippen molar-refractivity contribution >= 4 is 17.4 Å². The first-order valence-corrected chi connectivity index (χ1v) is 8.25. The molecule has 1 atom stereocenters. The monoisotopic (exact) mass is 325 g/mol. The summed E-state index contributed by atoms with van der Waals surface area (Å²) in [6, 6.07) is 15.2. The van der Waals surface area contributed by atoms with Crippen LogP contribution in [0.5, 0.6) is 0 Å². The summed E-state index contributed by atoms with van der Waals surface area (Å²) in [5.41, 5.74) is 4.24. The van der Waals surface area contributed by atoms with E-state index in [0.29, 0.717) is 6.42 Å². The lowest BCUT2D eigenvalue weighted by molar-refractivity contribution is 0.239. The van der Waals surface area contributed by atoms with E-state index in [2.05, 4.69) is 28.6 Å². The molecule has 2 aromatic carbocycles. The molecule has 0 bridgehead atoms. The minimum atomic E-state index is -0.266. The summed E-state index contributed by atoms with van der Waals surface area (Å²) in [4.78, 5) is 14.5. The molecule has 2 aromatic rings. The van der Waals surface area contributed by atoms with Crippen molar-refractivity contribution in [2.45, 2.75) is 18.9 Å². The Morgan fingerprint density at radius 2 is 2.04 bits per heavy atom. The van der Waals surface area contributed by atoms with E-state index >= 15 is 0 Å². The first-order valence-electron chi connectivity index (χ1n) is 8.25. The third kappa shape index (κ3) is 3.68. The third-order valence-electron chi connectivity index (χ3n) is 4.40. The van der Waals surface area contributed by atoms with Crippen LogP contribution in [0.3, 0.4) is 0 Å². The zero-order valence-corrected chi connectivity index (χ0v) is 13.8. The highest BCUT2D eigenvalue weighted by atomic mass is 16.3. The molecular weight excluding hydrogens is 302 g/mol. The minimum absolute atomic E-state index is 0.0173. The Labute approximate surface area is 142 Å². The summed E-state index contributed by atoms with van der Waals surface area (Å²) < 4.78 is 0.